The zero-order valence-electron chi connectivity index (χ0n) is 10.4. The van der Waals surface area contributed by atoms with Crippen molar-refractivity contribution in [2.75, 3.05) is 13.2 Å². The van der Waals surface area contributed by atoms with Gasteiger partial charge in [0.1, 0.15) is 5.82 Å². The lowest BCUT2D eigenvalue weighted by molar-refractivity contribution is -0.144. The summed E-state index contributed by atoms with van der Waals surface area (Å²) in [6.07, 6.45) is 0.168. The predicted octanol–water partition coefficient (Wildman–Crippen LogP) is 1.11. The number of rotatable bonds is 3. The zero-order valence-corrected chi connectivity index (χ0v) is 10.4. The smallest absolute Gasteiger partial charge is 0.331 e. The molecule has 1 unspecified atom stereocenters. The summed E-state index contributed by atoms with van der Waals surface area (Å²) in [5.74, 6) is -2.56. The van der Waals surface area contributed by atoms with Crippen LogP contribution < -0.4 is 5.32 Å². The molecule has 0 aromatic heterocycles. The first-order chi connectivity index (χ1) is 8.96. The predicted molar refractivity (Wildman–Crippen MR) is 64.4 cm³/mol. The number of halogens is 1. The van der Waals surface area contributed by atoms with Gasteiger partial charge in [0.2, 0.25) is 0 Å². The molecule has 0 saturated carbocycles. The van der Waals surface area contributed by atoms with Crippen LogP contribution in [0.1, 0.15) is 22.3 Å². The molecule has 102 valence electrons. The van der Waals surface area contributed by atoms with Crippen molar-refractivity contribution < 1.29 is 23.8 Å². The van der Waals surface area contributed by atoms with Gasteiger partial charge in [0, 0.05) is 13.0 Å². The number of carbonyl (C=O) groups excluding carboxylic acids is 1. The molecule has 1 heterocycles. The quantitative estimate of drug-likeness (QED) is 0.860. The van der Waals surface area contributed by atoms with Gasteiger partial charge in [-0.05, 0) is 18.6 Å². The summed E-state index contributed by atoms with van der Waals surface area (Å²) in [5, 5.41) is 11.6. The van der Waals surface area contributed by atoms with E-state index in [-0.39, 0.29) is 25.2 Å². The number of nitrogens with one attached hydrogen (secondary N) is 1. The molecule has 1 amide bonds. The fraction of sp³-hybridized carbons (Fsp3) is 0.385. The van der Waals surface area contributed by atoms with Crippen LogP contribution in [0.25, 0.3) is 0 Å². The monoisotopic (exact) mass is 267 g/mol. The summed E-state index contributed by atoms with van der Waals surface area (Å²) in [4.78, 5) is 23.3. The molecule has 1 saturated heterocycles. The third-order valence-electron chi connectivity index (χ3n) is 3.22. The maximum absolute atomic E-state index is 13.8. The van der Waals surface area contributed by atoms with E-state index in [1.165, 1.54) is 19.1 Å². The Kier molecular flexibility index (Phi) is 3.53. The van der Waals surface area contributed by atoms with Crippen LogP contribution in [0.15, 0.2) is 18.2 Å². The summed E-state index contributed by atoms with van der Waals surface area (Å²) in [7, 11) is 0. The van der Waals surface area contributed by atoms with E-state index in [1.54, 1.807) is 6.07 Å². The molecule has 2 rings (SSSR count). The Morgan fingerprint density at radius 1 is 1.47 bits per heavy atom. The Hall–Kier alpha value is -1.95. The van der Waals surface area contributed by atoms with Crippen molar-refractivity contribution in [2.24, 2.45) is 0 Å². The van der Waals surface area contributed by atoms with Crippen molar-refractivity contribution in [1.29, 1.82) is 0 Å². The zero-order chi connectivity index (χ0) is 14.0. The molecular weight excluding hydrogens is 253 g/mol. The van der Waals surface area contributed by atoms with Crippen LogP contribution in [0.3, 0.4) is 0 Å². The van der Waals surface area contributed by atoms with E-state index in [0.717, 1.165) is 0 Å². The second-order valence-corrected chi connectivity index (χ2v) is 4.58. The van der Waals surface area contributed by atoms with E-state index in [2.05, 4.69) is 5.32 Å². The lowest BCUT2D eigenvalue weighted by Crippen LogP contribution is -2.55. The minimum Gasteiger partial charge on any atom is -0.479 e. The molecule has 1 atom stereocenters. The maximum Gasteiger partial charge on any atom is 0.331 e. The summed E-state index contributed by atoms with van der Waals surface area (Å²) in [5.41, 5.74) is -1.29. The standard InChI is InChI=1S/C13H14FNO4/c1-8-3-2-4-9(10(8)14)11(16)15-13(12(17)18)5-6-19-7-13/h2-4H,5-7H2,1H3,(H,15,16)(H,17,18). The van der Waals surface area contributed by atoms with E-state index >= 15 is 0 Å². The number of hydrogen-bond donors (Lipinski definition) is 2. The van der Waals surface area contributed by atoms with Gasteiger partial charge in [0.05, 0.1) is 12.2 Å². The minimum atomic E-state index is -1.47. The molecule has 5 nitrogen and oxygen atoms in total. The number of amides is 1. The second kappa shape index (κ2) is 4.97. The minimum absolute atomic E-state index is 0.110. The number of hydrogen-bond acceptors (Lipinski definition) is 3. The summed E-state index contributed by atoms with van der Waals surface area (Å²) in [6, 6.07) is 4.41. The van der Waals surface area contributed by atoms with Crippen LogP contribution >= 0.6 is 0 Å². The third kappa shape index (κ3) is 2.44. The second-order valence-electron chi connectivity index (χ2n) is 4.58. The van der Waals surface area contributed by atoms with Gasteiger partial charge in [0.15, 0.2) is 5.54 Å². The van der Waals surface area contributed by atoms with E-state index in [0.29, 0.717) is 5.56 Å². The topological polar surface area (TPSA) is 75.6 Å². The molecule has 1 fully saturated rings. The highest BCUT2D eigenvalue weighted by Crippen LogP contribution is 2.21. The highest BCUT2D eigenvalue weighted by atomic mass is 19.1. The number of benzene rings is 1. The van der Waals surface area contributed by atoms with Crippen LogP contribution in [0.2, 0.25) is 0 Å². The van der Waals surface area contributed by atoms with E-state index in [4.69, 9.17) is 4.74 Å². The molecule has 1 aromatic rings. The van der Waals surface area contributed by atoms with Gasteiger partial charge in [-0.25, -0.2) is 9.18 Å². The molecule has 0 spiro atoms. The van der Waals surface area contributed by atoms with Crippen LogP contribution in [0, 0.1) is 12.7 Å². The summed E-state index contributed by atoms with van der Waals surface area (Å²) in [6.45, 7) is 1.68. The number of aryl methyl sites for hydroxylation is 1. The normalized spacial score (nSPS) is 22.2. The van der Waals surface area contributed by atoms with Gasteiger partial charge in [0.25, 0.3) is 5.91 Å². The van der Waals surface area contributed by atoms with E-state index < -0.39 is 23.2 Å². The van der Waals surface area contributed by atoms with Gasteiger partial charge < -0.3 is 15.2 Å². The van der Waals surface area contributed by atoms with Crippen molar-refractivity contribution in [3.8, 4) is 0 Å². The molecule has 1 aliphatic rings. The summed E-state index contributed by atoms with van der Waals surface area (Å²) < 4.78 is 18.8. The first-order valence-corrected chi connectivity index (χ1v) is 5.85. The van der Waals surface area contributed by atoms with Crippen LogP contribution in [0.5, 0.6) is 0 Å². The lowest BCUT2D eigenvalue weighted by atomic mass is 9.98. The molecule has 19 heavy (non-hydrogen) atoms. The largest absolute Gasteiger partial charge is 0.479 e. The molecule has 0 aliphatic carbocycles. The Morgan fingerprint density at radius 3 is 2.79 bits per heavy atom. The fourth-order valence-corrected chi connectivity index (χ4v) is 1.99. The molecule has 0 bridgehead atoms. The van der Waals surface area contributed by atoms with Crippen molar-refractivity contribution in [2.45, 2.75) is 18.9 Å². The highest BCUT2D eigenvalue weighted by molar-refractivity contribution is 5.98. The fourth-order valence-electron chi connectivity index (χ4n) is 1.99. The van der Waals surface area contributed by atoms with Gasteiger partial charge in [-0.15, -0.1) is 0 Å². The number of carbonyl (C=O) groups is 2. The van der Waals surface area contributed by atoms with Crippen molar-refractivity contribution in [1.82, 2.24) is 5.32 Å². The van der Waals surface area contributed by atoms with Gasteiger partial charge in [-0.3, -0.25) is 4.79 Å². The van der Waals surface area contributed by atoms with Crippen molar-refractivity contribution in [3.05, 3.63) is 35.1 Å². The van der Waals surface area contributed by atoms with E-state index in [1.807, 2.05) is 0 Å². The Labute approximate surface area is 109 Å². The number of carboxylic acids is 1. The highest BCUT2D eigenvalue weighted by Gasteiger charge is 2.44. The average molecular weight is 267 g/mol. The Balaban J connectivity index is 2.25. The van der Waals surface area contributed by atoms with E-state index in [9.17, 15) is 19.1 Å². The molecule has 1 aromatic carbocycles. The van der Waals surface area contributed by atoms with Crippen molar-refractivity contribution in [3.63, 3.8) is 0 Å². The van der Waals surface area contributed by atoms with Gasteiger partial charge in [-0.2, -0.15) is 0 Å². The number of aliphatic carboxylic acids is 1. The van der Waals surface area contributed by atoms with Crippen LogP contribution in [0.4, 0.5) is 4.39 Å². The van der Waals surface area contributed by atoms with Gasteiger partial charge in [-0.1, -0.05) is 12.1 Å². The SMILES string of the molecule is Cc1cccc(C(=O)NC2(C(=O)O)CCOC2)c1F. The molecule has 1 aliphatic heterocycles. The summed E-state index contributed by atoms with van der Waals surface area (Å²) >= 11 is 0. The molecule has 6 heteroatoms. The molecular formula is C13H14FNO4. The Bertz CT molecular complexity index is 523. The van der Waals surface area contributed by atoms with Gasteiger partial charge >= 0.3 is 5.97 Å². The average Bonchev–Trinajstić information content (AvgIpc) is 2.82. The first-order valence-electron chi connectivity index (χ1n) is 5.85. The lowest BCUT2D eigenvalue weighted by Gasteiger charge is -2.23. The maximum atomic E-state index is 13.8. The Morgan fingerprint density at radius 2 is 2.21 bits per heavy atom. The van der Waals surface area contributed by atoms with Crippen molar-refractivity contribution >= 4 is 11.9 Å². The number of carboxylic acid groups (broad SMARTS) is 1. The molecule has 0 radical (unpaired) electrons. The third-order valence-corrected chi connectivity index (χ3v) is 3.22. The van der Waals surface area contributed by atoms with Crippen LogP contribution in [-0.2, 0) is 9.53 Å². The first kappa shape index (κ1) is 13.5. The number of ether oxygens (including phenoxy) is 1. The molecule has 2 N–H and O–H groups in total. The van der Waals surface area contributed by atoms with Crippen LogP contribution in [-0.4, -0.2) is 35.7 Å².